The van der Waals surface area contributed by atoms with Crippen molar-refractivity contribution in [3.05, 3.63) is 29.3 Å². The van der Waals surface area contributed by atoms with Crippen molar-refractivity contribution in [2.24, 2.45) is 10.4 Å². The van der Waals surface area contributed by atoms with Gasteiger partial charge in [0.2, 0.25) is 0 Å². The first-order chi connectivity index (χ1) is 13.0. The molecule has 0 fully saturated rings. The first-order valence-corrected chi connectivity index (χ1v) is 9.91. The second-order valence-corrected chi connectivity index (χ2v) is 7.03. The van der Waals surface area contributed by atoms with E-state index in [1.54, 1.807) is 0 Å². The molecule has 0 spiro atoms. The summed E-state index contributed by atoms with van der Waals surface area (Å²) in [5, 5.41) is 16.2. The highest BCUT2D eigenvalue weighted by Crippen LogP contribution is 2.21. The second kappa shape index (κ2) is 14.9. The van der Waals surface area contributed by atoms with Gasteiger partial charge in [-0.05, 0) is 38.8 Å². The molecule has 1 aromatic rings. The zero-order valence-corrected chi connectivity index (χ0v) is 20.3. The Kier molecular flexibility index (Phi) is 14.3. The van der Waals surface area contributed by atoms with Crippen LogP contribution >= 0.6 is 24.0 Å². The molecule has 1 unspecified atom stereocenters. The third-order valence-electron chi connectivity index (χ3n) is 4.58. The van der Waals surface area contributed by atoms with Gasteiger partial charge in [-0.3, -0.25) is 0 Å². The Bertz CT molecular complexity index is 578. The summed E-state index contributed by atoms with van der Waals surface area (Å²) in [4.78, 5) is 4.69. The Morgan fingerprint density at radius 2 is 1.93 bits per heavy atom. The van der Waals surface area contributed by atoms with E-state index in [4.69, 9.17) is 14.5 Å². The number of ether oxygens (including phenoxy) is 2. The molecule has 0 bridgehead atoms. The van der Waals surface area contributed by atoms with Gasteiger partial charge in [0.25, 0.3) is 0 Å². The lowest BCUT2D eigenvalue weighted by Gasteiger charge is -2.27. The molecule has 0 aliphatic carbocycles. The molecule has 7 heteroatoms. The van der Waals surface area contributed by atoms with E-state index < -0.39 is 0 Å². The van der Waals surface area contributed by atoms with Crippen LogP contribution in [0.15, 0.2) is 23.2 Å². The molecule has 162 valence electrons. The van der Waals surface area contributed by atoms with Crippen molar-refractivity contribution in [2.45, 2.75) is 47.6 Å². The van der Waals surface area contributed by atoms with Crippen LogP contribution in [0.1, 0.15) is 45.2 Å². The van der Waals surface area contributed by atoms with Crippen LogP contribution in [0.4, 0.5) is 0 Å². The average Bonchev–Trinajstić information content (AvgIpc) is 2.68. The smallest absolute Gasteiger partial charge is 0.191 e. The van der Waals surface area contributed by atoms with Crippen molar-refractivity contribution < 1.29 is 14.6 Å². The number of nitrogens with zero attached hydrogens (tertiary/aromatic N) is 1. The monoisotopic (exact) mass is 507 g/mol. The number of hydrogen-bond acceptors (Lipinski definition) is 4. The summed E-state index contributed by atoms with van der Waals surface area (Å²) in [5.74, 6) is 1.59. The minimum absolute atomic E-state index is 0. The fourth-order valence-electron chi connectivity index (χ4n) is 2.38. The van der Waals surface area contributed by atoms with Crippen molar-refractivity contribution in [2.75, 3.05) is 39.5 Å². The molecular weight excluding hydrogens is 469 g/mol. The molecule has 0 amide bonds. The topological polar surface area (TPSA) is 75.1 Å². The fraction of sp³-hybridized carbons (Fsp3) is 0.667. The van der Waals surface area contributed by atoms with Crippen molar-refractivity contribution in [1.82, 2.24) is 10.6 Å². The number of rotatable bonds is 12. The van der Waals surface area contributed by atoms with Gasteiger partial charge < -0.3 is 25.2 Å². The molecule has 3 N–H and O–H groups in total. The highest BCUT2D eigenvalue weighted by molar-refractivity contribution is 14.0. The second-order valence-electron chi connectivity index (χ2n) is 7.03. The zero-order valence-electron chi connectivity index (χ0n) is 18.0. The molecule has 0 saturated carbocycles. The van der Waals surface area contributed by atoms with Gasteiger partial charge >= 0.3 is 0 Å². The summed E-state index contributed by atoms with van der Waals surface area (Å²) in [6.45, 7) is 14.1. The van der Waals surface area contributed by atoms with Gasteiger partial charge in [-0.2, -0.15) is 0 Å². The van der Waals surface area contributed by atoms with Crippen LogP contribution < -0.4 is 15.4 Å². The Morgan fingerprint density at radius 3 is 2.54 bits per heavy atom. The van der Waals surface area contributed by atoms with Gasteiger partial charge in [0.1, 0.15) is 12.4 Å². The highest BCUT2D eigenvalue weighted by Gasteiger charge is 2.21. The predicted molar refractivity (Wildman–Crippen MR) is 127 cm³/mol. The SMILES string of the molecule is CCNC(=NCc1ccc(C)cc1OCCOCC)NCC(C)(CC)CO.I. The molecule has 6 nitrogen and oxygen atoms in total. The zero-order chi connectivity index (χ0) is 20.1. The minimum atomic E-state index is -0.159. The first kappa shape index (κ1) is 26.9. The summed E-state index contributed by atoms with van der Waals surface area (Å²) in [6, 6.07) is 6.17. The lowest BCUT2D eigenvalue weighted by molar-refractivity contribution is 0.110. The third-order valence-corrected chi connectivity index (χ3v) is 4.58. The third kappa shape index (κ3) is 9.93. The number of aryl methyl sites for hydroxylation is 1. The summed E-state index contributed by atoms with van der Waals surface area (Å²) in [6.07, 6.45) is 0.895. The van der Waals surface area contributed by atoms with Crippen LogP contribution in [0.3, 0.4) is 0 Å². The number of aliphatic hydroxyl groups excluding tert-OH is 1. The molecule has 0 aliphatic heterocycles. The molecule has 0 aromatic heterocycles. The first-order valence-electron chi connectivity index (χ1n) is 9.91. The lowest BCUT2D eigenvalue weighted by Crippen LogP contribution is -2.43. The maximum atomic E-state index is 9.59. The summed E-state index contributed by atoms with van der Waals surface area (Å²) in [5.41, 5.74) is 2.03. The Hall–Kier alpha value is -1.06. The molecule has 1 aromatic carbocycles. The number of hydrogen-bond donors (Lipinski definition) is 3. The van der Waals surface area contributed by atoms with Crippen LogP contribution in [-0.2, 0) is 11.3 Å². The van der Waals surface area contributed by atoms with E-state index in [9.17, 15) is 5.11 Å². The number of aliphatic imine (C=N–C) groups is 1. The maximum Gasteiger partial charge on any atom is 0.191 e. The van der Waals surface area contributed by atoms with Crippen molar-refractivity contribution in [3.63, 3.8) is 0 Å². The van der Waals surface area contributed by atoms with Gasteiger partial charge in [-0.15, -0.1) is 24.0 Å². The molecule has 0 saturated heterocycles. The van der Waals surface area contributed by atoms with Crippen molar-refractivity contribution in [3.8, 4) is 5.75 Å². The molecule has 0 heterocycles. The van der Waals surface area contributed by atoms with Crippen molar-refractivity contribution >= 4 is 29.9 Å². The van der Waals surface area contributed by atoms with Gasteiger partial charge in [0, 0.05) is 30.7 Å². The van der Waals surface area contributed by atoms with Gasteiger partial charge in [-0.25, -0.2) is 4.99 Å². The van der Waals surface area contributed by atoms with E-state index in [1.165, 1.54) is 0 Å². The van der Waals surface area contributed by atoms with Gasteiger partial charge in [0.15, 0.2) is 5.96 Å². The van der Waals surface area contributed by atoms with Crippen molar-refractivity contribution in [1.29, 1.82) is 0 Å². The summed E-state index contributed by atoms with van der Waals surface area (Å²) < 4.78 is 11.2. The van der Waals surface area contributed by atoms with Gasteiger partial charge in [-0.1, -0.05) is 26.0 Å². The molecule has 1 atom stereocenters. The fourth-order valence-corrected chi connectivity index (χ4v) is 2.38. The predicted octanol–water partition coefficient (Wildman–Crippen LogP) is 3.49. The van der Waals surface area contributed by atoms with E-state index >= 15 is 0 Å². The van der Waals surface area contributed by atoms with E-state index in [1.807, 2.05) is 19.9 Å². The minimum Gasteiger partial charge on any atom is -0.491 e. The van der Waals surface area contributed by atoms with E-state index in [0.29, 0.717) is 32.9 Å². The summed E-state index contributed by atoms with van der Waals surface area (Å²) in [7, 11) is 0. The standard InChI is InChI=1S/C21H37N3O3.HI/c1-6-21(5,16-25)15-24-20(22-7-2)23-14-18-10-9-17(4)13-19(18)27-12-11-26-8-3;/h9-10,13,25H,6-8,11-12,14-16H2,1-5H3,(H2,22,23,24);1H. The van der Waals surface area contributed by atoms with E-state index in [2.05, 4.69) is 43.5 Å². The largest absolute Gasteiger partial charge is 0.491 e. The number of guanidine groups is 1. The number of nitrogens with one attached hydrogen (secondary N) is 2. The molecule has 1 rings (SSSR count). The average molecular weight is 507 g/mol. The number of aliphatic hydroxyl groups is 1. The molecular formula is C21H38IN3O3. The highest BCUT2D eigenvalue weighted by atomic mass is 127. The van der Waals surface area contributed by atoms with Crippen LogP contribution in [0, 0.1) is 12.3 Å². The van der Waals surface area contributed by atoms with E-state index in [-0.39, 0.29) is 36.0 Å². The van der Waals surface area contributed by atoms with Gasteiger partial charge in [0.05, 0.1) is 19.8 Å². The molecule has 28 heavy (non-hydrogen) atoms. The maximum absolute atomic E-state index is 9.59. The molecule has 0 radical (unpaired) electrons. The van der Waals surface area contributed by atoms with Crippen LogP contribution in [0.2, 0.25) is 0 Å². The normalized spacial score (nSPS) is 13.4. The van der Waals surface area contributed by atoms with Crippen LogP contribution in [-0.4, -0.2) is 50.6 Å². The van der Waals surface area contributed by atoms with E-state index in [0.717, 1.165) is 35.8 Å². The Balaban J connectivity index is 0.00000729. The lowest BCUT2D eigenvalue weighted by atomic mass is 9.89. The Morgan fingerprint density at radius 1 is 1.18 bits per heavy atom. The van der Waals surface area contributed by atoms with Crippen LogP contribution in [0.5, 0.6) is 5.75 Å². The number of benzene rings is 1. The summed E-state index contributed by atoms with van der Waals surface area (Å²) >= 11 is 0. The number of halogens is 1. The Labute approximate surface area is 187 Å². The quantitative estimate of drug-likeness (QED) is 0.175. The van der Waals surface area contributed by atoms with Crippen LogP contribution in [0.25, 0.3) is 0 Å². The molecule has 0 aliphatic rings.